The van der Waals surface area contributed by atoms with Crippen LogP contribution in [-0.2, 0) is 9.53 Å². The molecule has 0 spiro atoms. The lowest BCUT2D eigenvalue weighted by atomic mass is 9.71. The van der Waals surface area contributed by atoms with E-state index in [2.05, 4.69) is 6.92 Å². The van der Waals surface area contributed by atoms with Gasteiger partial charge in [-0.05, 0) is 24.7 Å². The van der Waals surface area contributed by atoms with Crippen LogP contribution in [0.3, 0.4) is 0 Å². The molecule has 94 valence electrons. The Labute approximate surface area is 98.7 Å². The molecule has 0 heterocycles. The molecule has 1 saturated carbocycles. The van der Waals surface area contributed by atoms with Gasteiger partial charge in [-0.2, -0.15) is 0 Å². The predicted octanol–water partition coefficient (Wildman–Crippen LogP) is 2.63. The topological polar surface area (TPSA) is 52.3 Å². The molecule has 1 atom stereocenters. The third-order valence-corrected chi connectivity index (χ3v) is 4.05. The molecule has 0 aromatic heterocycles. The molecule has 2 N–H and O–H groups in total. The number of hydrogen-bond donors (Lipinski definition) is 1. The Morgan fingerprint density at radius 2 is 1.88 bits per heavy atom. The average molecular weight is 227 g/mol. The first-order valence-corrected chi connectivity index (χ1v) is 6.47. The smallest absolute Gasteiger partial charge is 0.306 e. The number of carbonyl (C=O) groups is 1. The predicted molar refractivity (Wildman–Crippen MR) is 65.0 cm³/mol. The summed E-state index contributed by atoms with van der Waals surface area (Å²) in [7, 11) is 1.46. The summed E-state index contributed by atoms with van der Waals surface area (Å²) in [6.45, 7) is 2.11. The number of methoxy groups -OCH3 is 1. The summed E-state index contributed by atoms with van der Waals surface area (Å²) in [5.41, 5.74) is 6.25. The van der Waals surface area contributed by atoms with E-state index in [1.54, 1.807) is 0 Å². The van der Waals surface area contributed by atoms with Crippen LogP contribution < -0.4 is 5.73 Å². The van der Waals surface area contributed by atoms with Crippen molar-refractivity contribution in [3.05, 3.63) is 0 Å². The molecule has 0 aromatic carbocycles. The number of carbonyl (C=O) groups excluding carboxylic acids is 1. The molecule has 1 fully saturated rings. The van der Waals surface area contributed by atoms with Crippen molar-refractivity contribution in [3.8, 4) is 0 Å². The lowest BCUT2D eigenvalue weighted by Crippen LogP contribution is -2.42. The molecule has 3 heteroatoms. The second kappa shape index (κ2) is 6.24. The van der Waals surface area contributed by atoms with Crippen LogP contribution in [0.15, 0.2) is 0 Å². The highest BCUT2D eigenvalue weighted by Gasteiger charge is 2.38. The van der Waals surface area contributed by atoms with Crippen molar-refractivity contribution in [2.24, 2.45) is 11.1 Å². The molecule has 0 aliphatic heterocycles. The van der Waals surface area contributed by atoms with Crippen molar-refractivity contribution < 1.29 is 9.53 Å². The molecule has 1 unspecified atom stereocenters. The Morgan fingerprint density at radius 3 is 2.31 bits per heavy atom. The van der Waals surface area contributed by atoms with Crippen molar-refractivity contribution in [2.75, 3.05) is 7.11 Å². The van der Waals surface area contributed by atoms with Crippen LogP contribution in [0.25, 0.3) is 0 Å². The van der Waals surface area contributed by atoms with E-state index in [4.69, 9.17) is 10.5 Å². The van der Waals surface area contributed by atoms with Crippen molar-refractivity contribution >= 4 is 5.97 Å². The van der Waals surface area contributed by atoms with Crippen molar-refractivity contribution in [1.29, 1.82) is 0 Å². The number of rotatable bonds is 4. The fourth-order valence-electron chi connectivity index (χ4n) is 2.90. The maximum atomic E-state index is 11.5. The monoisotopic (exact) mass is 227 g/mol. The first-order valence-electron chi connectivity index (χ1n) is 6.47. The van der Waals surface area contributed by atoms with Crippen LogP contribution in [0.2, 0.25) is 0 Å². The van der Waals surface area contributed by atoms with E-state index in [0.717, 1.165) is 19.3 Å². The van der Waals surface area contributed by atoms with Crippen LogP contribution in [0.1, 0.15) is 58.3 Å². The zero-order valence-electron chi connectivity index (χ0n) is 10.6. The van der Waals surface area contributed by atoms with E-state index in [-0.39, 0.29) is 17.4 Å². The number of esters is 1. The summed E-state index contributed by atoms with van der Waals surface area (Å²) in [5, 5.41) is 0. The maximum Gasteiger partial charge on any atom is 0.306 e. The number of hydrogen-bond acceptors (Lipinski definition) is 3. The number of nitrogens with two attached hydrogens (primary N) is 1. The highest BCUT2D eigenvalue weighted by atomic mass is 16.5. The van der Waals surface area contributed by atoms with Gasteiger partial charge in [0.1, 0.15) is 0 Å². The molecular weight excluding hydrogens is 202 g/mol. The minimum atomic E-state index is -0.106. The molecule has 1 rings (SSSR count). The lowest BCUT2D eigenvalue weighted by molar-refractivity contribution is -0.144. The standard InChI is InChI=1S/C13H25NO2/c1-3-11(14)13(10-12(15)16-2)8-6-4-5-7-9-13/h11H,3-10,14H2,1-2H3. The van der Waals surface area contributed by atoms with Gasteiger partial charge in [0, 0.05) is 6.04 Å². The first-order chi connectivity index (χ1) is 7.64. The second-order valence-corrected chi connectivity index (χ2v) is 5.04. The molecule has 0 bridgehead atoms. The van der Waals surface area contributed by atoms with Crippen molar-refractivity contribution in [3.63, 3.8) is 0 Å². The largest absolute Gasteiger partial charge is 0.469 e. The van der Waals surface area contributed by atoms with Gasteiger partial charge in [-0.25, -0.2) is 0 Å². The van der Waals surface area contributed by atoms with Crippen LogP contribution in [0.5, 0.6) is 0 Å². The van der Waals surface area contributed by atoms with Gasteiger partial charge in [0.05, 0.1) is 13.5 Å². The van der Waals surface area contributed by atoms with E-state index >= 15 is 0 Å². The van der Waals surface area contributed by atoms with Gasteiger partial charge in [0.2, 0.25) is 0 Å². The summed E-state index contributed by atoms with van der Waals surface area (Å²) in [5.74, 6) is -0.106. The molecule has 0 amide bonds. The van der Waals surface area contributed by atoms with E-state index in [0.29, 0.717) is 6.42 Å². The first kappa shape index (κ1) is 13.5. The third-order valence-electron chi connectivity index (χ3n) is 4.05. The van der Waals surface area contributed by atoms with E-state index in [1.807, 2.05) is 0 Å². The Hall–Kier alpha value is -0.570. The Bertz CT molecular complexity index is 220. The fourth-order valence-corrected chi connectivity index (χ4v) is 2.90. The summed E-state index contributed by atoms with van der Waals surface area (Å²) < 4.78 is 4.82. The average Bonchev–Trinajstić information content (AvgIpc) is 2.54. The molecule has 3 nitrogen and oxygen atoms in total. The van der Waals surface area contributed by atoms with Gasteiger partial charge in [-0.3, -0.25) is 4.79 Å². The van der Waals surface area contributed by atoms with Crippen LogP contribution in [-0.4, -0.2) is 19.1 Å². The molecule has 16 heavy (non-hydrogen) atoms. The Balaban J connectivity index is 2.76. The molecular formula is C13H25NO2. The van der Waals surface area contributed by atoms with Gasteiger partial charge in [0.25, 0.3) is 0 Å². The zero-order valence-corrected chi connectivity index (χ0v) is 10.6. The molecule has 0 aromatic rings. The molecule has 0 saturated heterocycles. The quantitative estimate of drug-likeness (QED) is 0.593. The van der Waals surface area contributed by atoms with Gasteiger partial charge >= 0.3 is 5.97 Å². The van der Waals surface area contributed by atoms with Gasteiger partial charge in [-0.1, -0.05) is 32.6 Å². The van der Waals surface area contributed by atoms with Crippen LogP contribution in [0, 0.1) is 5.41 Å². The van der Waals surface area contributed by atoms with E-state index in [9.17, 15) is 4.79 Å². The maximum absolute atomic E-state index is 11.5. The normalized spacial score (nSPS) is 22.2. The Morgan fingerprint density at radius 1 is 1.31 bits per heavy atom. The highest BCUT2D eigenvalue weighted by Crippen LogP contribution is 2.41. The van der Waals surface area contributed by atoms with Crippen LogP contribution >= 0.6 is 0 Å². The van der Waals surface area contributed by atoms with E-state index < -0.39 is 0 Å². The lowest BCUT2D eigenvalue weighted by Gasteiger charge is -2.37. The van der Waals surface area contributed by atoms with Crippen LogP contribution in [0.4, 0.5) is 0 Å². The number of ether oxygens (including phenoxy) is 1. The van der Waals surface area contributed by atoms with Gasteiger partial charge in [-0.15, -0.1) is 0 Å². The summed E-state index contributed by atoms with van der Waals surface area (Å²) in [4.78, 5) is 11.5. The highest BCUT2D eigenvalue weighted by molar-refractivity contribution is 5.70. The SMILES string of the molecule is CCC(N)C1(CC(=O)OC)CCCCCC1. The fraction of sp³-hybridized carbons (Fsp3) is 0.923. The van der Waals surface area contributed by atoms with Gasteiger partial charge < -0.3 is 10.5 Å². The summed E-state index contributed by atoms with van der Waals surface area (Å²) >= 11 is 0. The van der Waals surface area contributed by atoms with Gasteiger partial charge in [0.15, 0.2) is 0 Å². The minimum Gasteiger partial charge on any atom is -0.469 e. The summed E-state index contributed by atoms with van der Waals surface area (Å²) in [6.07, 6.45) is 8.55. The Kier molecular flexibility index (Phi) is 5.26. The second-order valence-electron chi connectivity index (χ2n) is 5.04. The zero-order chi connectivity index (χ0) is 12.0. The third kappa shape index (κ3) is 3.21. The van der Waals surface area contributed by atoms with Crippen molar-refractivity contribution in [2.45, 2.75) is 64.3 Å². The minimum absolute atomic E-state index is 0.00164. The molecule has 0 radical (unpaired) electrons. The molecule has 1 aliphatic rings. The summed E-state index contributed by atoms with van der Waals surface area (Å²) in [6, 6.07) is 0.129. The molecule has 1 aliphatic carbocycles. The van der Waals surface area contributed by atoms with Crippen molar-refractivity contribution in [1.82, 2.24) is 0 Å². The van der Waals surface area contributed by atoms with E-state index in [1.165, 1.54) is 32.8 Å².